The van der Waals surface area contributed by atoms with Crippen molar-refractivity contribution in [3.8, 4) is 17.0 Å². The van der Waals surface area contributed by atoms with Gasteiger partial charge in [0, 0.05) is 23.1 Å². The number of hydrogen-bond acceptors (Lipinski definition) is 3. The Bertz CT molecular complexity index is 1210. The van der Waals surface area contributed by atoms with Crippen LogP contribution in [0, 0.1) is 6.92 Å². The third kappa shape index (κ3) is 4.05. The van der Waals surface area contributed by atoms with Crippen LogP contribution in [0.3, 0.4) is 0 Å². The zero-order chi connectivity index (χ0) is 20.5. The molecule has 2 heterocycles. The molecule has 0 saturated heterocycles. The van der Waals surface area contributed by atoms with Gasteiger partial charge < -0.3 is 9.72 Å². The number of aromatic amines is 1. The van der Waals surface area contributed by atoms with Gasteiger partial charge in [0.05, 0.1) is 17.5 Å². The van der Waals surface area contributed by atoms with E-state index in [0.717, 1.165) is 33.8 Å². The first-order chi connectivity index (χ1) is 13.9. The number of H-pyrrole nitrogens is 1. The summed E-state index contributed by atoms with van der Waals surface area (Å²) >= 11 is 6.00. The van der Waals surface area contributed by atoms with Gasteiger partial charge in [-0.1, -0.05) is 23.7 Å². The molecule has 0 unspecified atom stereocenters. The number of rotatable bonds is 5. The molecule has 0 aliphatic carbocycles. The summed E-state index contributed by atoms with van der Waals surface area (Å²) in [5.41, 5.74) is 5.13. The van der Waals surface area contributed by atoms with Crippen LogP contribution < -0.4 is 10.3 Å². The average molecular weight is 408 g/mol. The van der Waals surface area contributed by atoms with E-state index in [1.54, 1.807) is 6.07 Å². The molecule has 29 heavy (non-hydrogen) atoms. The fourth-order valence-corrected chi connectivity index (χ4v) is 3.48. The Morgan fingerprint density at radius 2 is 1.79 bits per heavy atom. The number of nitrogens with one attached hydrogen (secondary N) is 1. The molecule has 2 aromatic heterocycles. The largest absolute Gasteiger partial charge is 0.491 e. The lowest BCUT2D eigenvalue weighted by Gasteiger charge is -2.10. The molecule has 0 atom stereocenters. The monoisotopic (exact) mass is 407 g/mol. The zero-order valence-corrected chi connectivity index (χ0v) is 17.3. The van der Waals surface area contributed by atoms with E-state index in [4.69, 9.17) is 16.3 Å². The molecule has 5 nitrogen and oxygen atoms in total. The Morgan fingerprint density at radius 1 is 1.10 bits per heavy atom. The van der Waals surface area contributed by atoms with Gasteiger partial charge in [-0.25, -0.2) is 0 Å². The fraction of sp³-hybridized carbons (Fsp3) is 0.217. The molecule has 0 saturated carbocycles. The standard InChI is InChI=1S/C23H22ClN3O2/c1-14(2)29-19-10-6-17(7-11-19)21-13-22(28)27-23(25-21)20(15(3)26-27)12-16-4-8-18(24)9-5-16/h4-11,13-14,25H,12H2,1-3H3. The highest BCUT2D eigenvalue weighted by atomic mass is 35.5. The quantitative estimate of drug-likeness (QED) is 0.504. The van der Waals surface area contributed by atoms with Crippen molar-refractivity contribution in [1.29, 1.82) is 0 Å². The topological polar surface area (TPSA) is 59.4 Å². The summed E-state index contributed by atoms with van der Waals surface area (Å²) in [5, 5.41) is 5.13. The first kappa shape index (κ1) is 19.3. The second-order valence-electron chi connectivity index (χ2n) is 7.34. The van der Waals surface area contributed by atoms with E-state index in [2.05, 4.69) is 10.1 Å². The second kappa shape index (κ2) is 7.76. The number of benzene rings is 2. The van der Waals surface area contributed by atoms with E-state index in [-0.39, 0.29) is 11.7 Å². The Balaban J connectivity index is 1.75. The Morgan fingerprint density at radius 3 is 2.45 bits per heavy atom. The van der Waals surface area contributed by atoms with Crippen molar-refractivity contribution in [2.24, 2.45) is 0 Å². The van der Waals surface area contributed by atoms with Crippen molar-refractivity contribution < 1.29 is 4.74 Å². The van der Waals surface area contributed by atoms with Crippen LogP contribution in [-0.4, -0.2) is 20.7 Å². The molecule has 6 heteroatoms. The van der Waals surface area contributed by atoms with Crippen LogP contribution in [0.15, 0.2) is 59.4 Å². The molecular formula is C23H22ClN3O2. The Hall–Kier alpha value is -3.05. The van der Waals surface area contributed by atoms with Gasteiger partial charge in [0.15, 0.2) is 0 Å². The lowest BCUT2D eigenvalue weighted by molar-refractivity contribution is 0.242. The summed E-state index contributed by atoms with van der Waals surface area (Å²) < 4.78 is 7.13. The summed E-state index contributed by atoms with van der Waals surface area (Å²) in [6.07, 6.45) is 0.773. The molecule has 148 valence electrons. The van der Waals surface area contributed by atoms with Gasteiger partial charge in [0.25, 0.3) is 5.56 Å². The maximum atomic E-state index is 12.7. The smallest absolute Gasteiger partial charge is 0.274 e. The molecule has 1 N–H and O–H groups in total. The van der Waals surface area contributed by atoms with E-state index in [0.29, 0.717) is 17.1 Å². The summed E-state index contributed by atoms with van der Waals surface area (Å²) in [6.45, 7) is 5.90. The number of hydrogen-bond donors (Lipinski definition) is 1. The summed E-state index contributed by atoms with van der Waals surface area (Å²) in [7, 11) is 0. The van der Waals surface area contributed by atoms with Gasteiger partial charge in [-0.05, 0) is 68.3 Å². The van der Waals surface area contributed by atoms with Gasteiger partial charge in [-0.3, -0.25) is 4.79 Å². The summed E-state index contributed by atoms with van der Waals surface area (Å²) in [6, 6.07) is 17.0. The molecule has 0 aliphatic rings. The molecule has 0 spiro atoms. The van der Waals surface area contributed by atoms with Gasteiger partial charge >= 0.3 is 0 Å². The Kier molecular flexibility index (Phi) is 5.16. The average Bonchev–Trinajstić information content (AvgIpc) is 3.00. The molecule has 0 bridgehead atoms. The molecule has 0 amide bonds. The van der Waals surface area contributed by atoms with E-state index in [1.165, 1.54) is 4.52 Å². The number of aryl methyl sites for hydroxylation is 1. The van der Waals surface area contributed by atoms with E-state index in [9.17, 15) is 4.79 Å². The van der Waals surface area contributed by atoms with Crippen molar-refractivity contribution >= 4 is 17.2 Å². The lowest BCUT2D eigenvalue weighted by atomic mass is 10.1. The minimum atomic E-state index is -0.165. The van der Waals surface area contributed by atoms with Crippen LogP contribution in [0.5, 0.6) is 5.75 Å². The van der Waals surface area contributed by atoms with Crippen molar-refractivity contribution in [2.45, 2.75) is 33.3 Å². The predicted molar refractivity (Wildman–Crippen MR) is 116 cm³/mol. The highest BCUT2D eigenvalue weighted by Crippen LogP contribution is 2.24. The molecule has 0 fully saturated rings. The number of nitrogens with zero attached hydrogens (tertiary/aromatic N) is 2. The van der Waals surface area contributed by atoms with Gasteiger partial charge in [-0.15, -0.1) is 0 Å². The molecule has 2 aromatic carbocycles. The minimum absolute atomic E-state index is 0.113. The third-order valence-corrected chi connectivity index (χ3v) is 5.00. The third-order valence-electron chi connectivity index (χ3n) is 4.75. The number of ether oxygens (including phenoxy) is 1. The Labute approximate surface area is 173 Å². The first-order valence-corrected chi connectivity index (χ1v) is 9.91. The van der Waals surface area contributed by atoms with Gasteiger partial charge in [0.2, 0.25) is 0 Å². The van der Waals surface area contributed by atoms with Crippen molar-refractivity contribution in [3.05, 3.63) is 86.8 Å². The highest BCUT2D eigenvalue weighted by molar-refractivity contribution is 6.30. The second-order valence-corrected chi connectivity index (χ2v) is 7.78. The first-order valence-electron chi connectivity index (χ1n) is 9.54. The SMILES string of the molecule is Cc1nn2c(=O)cc(-c3ccc(OC(C)C)cc3)[nH]c2c1Cc1ccc(Cl)cc1. The van der Waals surface area contributed by atoms with Crippen LogP contribution in [0.2, 0.25) is 5.02 Å². The van der Waals surface area contributed by atoms with Crippen LogP contribution in [0.4, 0.5) is 0 Å². The van der Waals surface area contributed by atoms with Crippen molar-refractivity contribution in [2.75, 3.05) is 0 Å². The normalized spacial score (nSPS) is 11.3. The summed E-state index contributed by atoms with van der Waals surface area (Å²) in [5.74, 6) is 0.802. The number of fused-ring (bicyclic) bond motifs is 1. The van der Waals surface area contributed by atoms with E-state index < -0.39 is 0 Å². The maximum Gasteiger partial charge on any atom is 0.274 e. The molecule has 4 rings (SSSR count). The van der Waals surface area contributed by atoms with Crippen LogP contribution >= 0.6 is 11.6 Å². The van der Waals surface area contributed by atoms with Gasteiger partial charge in [-0.2, -0.15) is 9.61 Å². The summed E-state index contributed by atoms with van der Waals surface area (Å²) in [4.78, 5) is 16.1. The molecular weight excluding hydrogens is 386 g/mol. The molecule has 0 aliphatic heterocycles. The fourth-order valence-electron chi connectivity index (χ4n) is 3.35. The molecule has 4 aromatic rings. The van der Waals surface area contributed by atoms with Gasteiger partial charge in [0.1, 0.15) is 11.4 Å². The van der Waals surface area contributed by atoms with Crippen molar-refractivity contribution in [3.63, 3.8) is 0 Å². The van der Waals surface area contributed by atoms with E-state index >= 15 is 0 Å². The maximum absolute atomic E-state index is 12.7. The molecule has 0 radical (unpaired) electrons. The van der Waals surface area contributed by atoms with Crippen molar-refractivity contribution in [1.82, 2.24) is 14.6 Å². The highest BCUT2D eigenvalue weighted by Gasteiger charge is 2.14. The van der Waals surface area contributed by atoms with E-state index in [1.807, 2.05) is 69.3 Å². The minimum Gasteiger partial charge on any atom is -0.491 e. The van der Waals surface area contributed by atoms with Crippen LogP contribution in [0.25, 0.3) is 16.9 Å². The lowest BCUT2D eigenvalue weighted by Crippen LogP contribution is -2.14. The predicted octanol–water partition coefficient (Wildman–Crippen LogP) is 5.03. The van der Waals surface area contributed by atoms with Crippen LogP contribution in [0.1, 0.15) is 30.7 Å². The number of aromatic nitrogens is 3. The number of halogens is 1. The zero-order valence-electron chi connectivity index (χ0n) is 16.6. The van der Waals surface area contributed by atoms with Crippen LogP contribution in [-0.2, 0) is 6.42 Å².